The molecule has 2 aromatic rings. The molecule has 3 heterocycles. The van der Waals surface area contributed by atoms with E-state index in [1.54, 1.807) is 4.90 Å². The SMILES string of the molecule is C=C(/C=C\C(NS(C)(=O)=O)=C(/C)Cl)C(=O)N1CCc2c(c(=O)oc3c(C)c(N4C[C@@H](C)N(C)[C@@H](C)C4)ccc23)C1. The summed E-state index contributed by atoms with van der Waals surface area (Å²) < 4.78 is 31.4. The van der Waals surface area contributed by atoms with Gasteiger partial charge in [0.2, 0.25) is 10.0 Å². The molecule has 2 aliphatic heterocycles. The maximum absolute atomic E-state index is 13.2. The highest BCUT2D eigenvalue weighted by atomic mass is 35.5. The largest absolute Gasteiger partial charge is 0.422 e. The molecule has 1 fully saturated rings. The summed E-state index contributed by atoms with van der Waals surface area (Å²) in [5.41, 5.74) is 3.83. The van der Waals surface area contributed by atoms with Crippen LogP contribution in [0.25, 0.3) is 11.0 Å². The lowest BCUT2D eigenvalue weighted by atomic mass is 9.95. The van der Waals surface area contributed by atoms with Crippen LogP contribution >= 0.6 is 11.6 Å². The number of fused-ring (bicyclic) bond motifs is 3. The zero-order valence-electron chi connectivity index (χ0n) is 23.9. The van der Waals surface area contributed by atoms with Gasteiger partial charge in [-0.05, 0) is 71.0 Å². The Morgan fingerprint density at radius 3 is 2.42 bits per heavy atom. The van der Waals surface area contributed by atoms with E-state index in [1.807, 2.05) is 13.0 Å². The van der Waals surface area contributed by atoms with Crippen LogP contribution in [0.15, 0.2) is 56.4 Å². The van der Waals surface area contributed by atoms with Gasteiger partial charge in [0.25, 0.3) is 5.91 Å². The van der Waals surface area contributed by atoms with Gasteiger partial charge in [-0.1, -0.05) is 18.2 Å². The molecule has 0 radical (unpaired) electrons. The van der Waals surface area contributed by atoms with Gasteiger partial charge in [-0.2, -0.15) is 0 Å². The summed E-state index contributed by atoms with van der Waals surface area (Å²) in [6, 6.07) is 4.95. The van der Waals surface area contributed by atoms with E-state index >= 15 is 0 Å². The number of piperazine rings is 1. The fourth-order valence-corrected chi connectivity index (χ4v) is 6.23. The molecule has 4 rings (SSSR count). The first-order valence-corrected chi connectivity index (χ1v) is 15.5. The number of amides is 1. The average Bonchev–Trinajstić information content (AvgIpc) is 2.88. The first kappa shape index (κ1) is 29.9. The van der Waals surface area contributed by atoms with Crippen molar-refractivity contribution in [1.29, 1.82) is 0 Å². The number of benzene rings is 1. The first-order valence-electron chi connectivity index (χ1n) is 13.2. The van der Waals surface area contributed by atoms with Crippen molar-refractivity contribution < 1.29 is 17.6 Å². The fourth-order valence-electron chi connectivity index (χ4n) is 5.45. The van der Waals surface area contributed by atoms with E-state index in [1.165, 1.54) is 19.1 Å². The fraction of sp³-hybridized carbons (Fsp3) is 0.448. The summed E-state index contributed by atoms with van der Waals surface area (Å²) in [7, 11) is -1.40. The van der Waals surface area contributed by atoms with Crippen LogP contribution in [0, 0.1) is 6.92 Å². The minimum absolute atomic E-state index is 0.104. The predicted molar refractivity (Wildman–Crippen MR) is 160 cm³/mol. The maximum Gasteiger partial charge on any atom is 0.341 e. The standard InChI is InChI=1S/C29H37ClN4O5S/c1-17(8-10-25(21(5)30)31-40(7,37)38)28(35)33-13-12-22-23-9-11-26(34-14-18(2)32(6)19(3)15-34)20(4)27(23)39-29(36)24(22)16-33/h8-11,18-19,31H,1,12-16H2,2-7H3/b10-8-,25-21-/t18-,19+. The first-order chi connectivity index (χ1) is 18.7. The second-order valence-corrected chi connectivity index (χ2v) is 13.2. The molecule has 1 saturated heterocycles. The Morgan fingerprint density at radius 1 is 1.18 bits per heavy atom. The van der Waals surface area contributed by atoms with Gasteiger partial charge < -0.3 is 14.2 Å². The number of hydrogen-bond acceptors (Lipinski definition) is 7. The number of hydrogen-bond donors (Lipinski definition) is 1. The molecule has 0 unspecified atom stereocenters. The van der Waals surface area contributed by atoms with Crippen molar-refractivity contribution in [2.75, 3.05) is 37.8 Å². The molecular formula is C29H37ClN4O5S. The van der Waals surface area contributed by atoms with E-state index in [-0.39, 0.29) is 28.8 Å². The molecule has 0 aliphatic carbocycles. The van der Waals surface area contributed by atoms with Gasteiger partial charge in [0.05, 0.1) is 24.1 Å². The lowest BCUT2D eigenvalue weighted by molar-refractivity contribution is -0.127. The molecule has 9 nitrogen and oxygen atoms in total. The number of allylic oxidation sites excluding steroid dienone is 2. The average molecular weight is 589 g/mol. The molecule has 1 aromatic heterocycles. The zero-order chi connectivity index (χ0) is 29.5. The highest BCUT2D eigenvalue weighted by Crippen LogP contribution is 2.34. The number of anilines is 1. The van der Waals surface area contributed by atoms with E-state index in [9.17, 15) is 18.0 Å². The van der Waals surface area contributed by atoms with Crippen molar-refractivity contribution in [2.45, 2.75) is 52.7 Å². The topological polar surface area (TPSA) is 103 Å². The van der Waals surface area contributed by atoms with Gasteiger partial charge in [0.1, 0.15) is 5.58 Å². The zero-order valence-corrected chi connectivity index (χ0v) is 25.4. The van der Waals surface area contributed by atoms with Gasteiger partial charge in [-0.3, -0.25) is 14.4 Å². The molecule has 11 heteroatoms. The molecule has 1 N–H and O–H groups in total. The normalized spacial score (nSPS) is 21.0. The van der Waals surface area contributed by atoms with E-state index in [2.05, 4.69) is 48.1 Å². The third-order valence-corrected chi connectivity index (χ3v) is 8.66. The molecule has 0 saturated carbocycles. The van der Waals surface area contributed by atoms with Crippen LogP contribution in [0.5, 0.6) is 0 Å². The summed E-state index contributed by atoms with van der Waals surface area (Å²) in [5.74, 6) is -0.364. The third-order valence-electron chi connectivity index (χ3n) is 7.87. The van der Waals surface area contributed by atoms with Crippen molar-refractivity contribution >= 4 is 44.2 Å². The quantitative estimate of drug-likeness (QED) is 0.312. The van der Waals surface area contributed by atoms with Gasteiger partial charge in [-0.25, -0.2) is 13.2 Å². The molecule has 1 amide bonds. The Bertz CT molecular complexity index is 1580. The highest BCUT2D eigenvalue weighted by molar-refractivity contribution is 7.88. The number of sulfonamides is 1. The smallest absolute Gasteiger partial charge is 0.341 e. The molecule has 216 valence electrons. The molecule has 2 aliphatic rings. The number of carbonyl (C=O) groups is 1. The van der Waals surface area contributed by atoms with Crippen LogP contribution in [-0.2, 0) is 27.8 Å². The summed E-state index contributed by atoms with van der Waals surface area (Å²) in [6.45, 7) is 14.1. The Labute approximate surface area is 240 Å². The lowest BCUT2D eigenvalue weighted by Crippen LogP contribution is -2.55. The third kappa shape index (κ3) is 6.14. The van der Waals surface area contributed by atoms with E-state index in [0.29, 0.717) is 36.2 Å². The summed E-state index contributed by atoms with van der Waals surface area (Å²) >= 11 is 5.99. The van der Waals surface area contributed by atoms with Gasteiger partial charge >= 0.3 is 5.63 Å². The minimum atomic E-state index is -3.55. The van der Waals surface area contributed by atoms with Crippen molar-refractivity contribution in [2.24, 2.45) is 0 Å². The number of nitrogens with zero attached hydrogens (tertiary/aromatic N) is 3. The van der Waals surface area contributed by atoms with E-state index in [0.717, 1.165) is 41.5 Å². The minimum Gasteiger partial charge on any atom is -0.422 e. The summed E-state index contributed by atoms with van der Waals surface area (Å²) in [5, 5.41) is 1.12. The van der Waals surface area contributed by atoms with E-state index < -0.39 is 15.6 Å². The Kier molecular flexibility index (Phi) is 8.54. The number of halogens is 1. The monoisotopic (exact) mass is 588 g/mol. The molecule has 0 spiro atoms. The van der Waals surface area contributed by atoms with E-state index in [4.69, 9.17) is 16.0 Å². The van der Waals surface area contributed by atoms with Crippen LogP contribution < -0.4 is 15.2 Å². The van der Waals surface area contributed by atoms with Gasteiger partial charge in [-0.15, -0.1) is 0 Å². The molecule has 0 bridgehead atoms. The molecule has 2 atom stereocenters. The molecular weight excluding hydrogens is 552 g/mol. The Balaban J connectivity index is 1.58. The molecule has 40 heavy (non-hydrogen) atoms. The van der Waals surface area contributed by atoms with Crippen molar-refractivity contribution in [3.8, 4) is 0 Å². The second-order valence-electron chi connectivity index (χ2n) is 10.9. The highest BCUT2D eigenvalue weighted by Gasteiger charge is 2.30. The maximum atomic E-state index is 13.2. The Morgan fingerprint density at radius 2 is 1.82 bits per heavy atom. The summed E-state index contributed by atoms with van der Waals surface area (Å²) in [4.78, 5) is 32.6. The van der Waals surface area contributed by atoms with Crippen LogP contribution in [-0.4, -0.2) is 69.1 Å². The number of aryl methyl sites for hydroxylation is 1. The van der Waals surface area contributed by atoms with Crippen molar-refractivity contribution in [1.82, 2.24) is 14.5 Å². The van der Waals surface area contributed by atoms with Gasteiger partial charge in [0.15, 0.2) is 0 Å². The van der Waals surface area contributed by atoms with Gasteiger partial charge in [0, 0.05) is 59.0 Å². The number of likely N-dealkylation sites (N-methyl/N-ethyl adjacent to an activating group) is 1. The van der Waals surface area contributed by atoms with Crippen LogP contribution in [0.3, 0.4) is 0 Å². The van der Waals surface area contributed by atoms with Crippen molar-refractivity contribution in [3.63, 3.8) is 0 Å². The Hall–Kier alpha value is -3.08. The van der Waals surface area contributed by atoms with Crippen LogP contribution in [0.1, 0.15) is 37.5 Å². The molecule has 1 aromatic carbocycles. The second kappa shape index (κ2) is 11.4. The number of rotatable bonds is 6. The summed E-state index contributed by atoms with van der Waals surface area (Å²) in [6.07, 6.45) is 4.32. The van der Waals surface area contributed by atoms with Crippen LogP contribution in [0.4, 0.5) is 5.69 Å². The number of carbonyl (C=O) groups excluding carboxylic acids is 1. The number of nitrogens with one attached hydrogen (secondary N) is 1. The van der Waals surface area contributed by atoms with Crippen LogP contribution in [0.2, 0.25) is 0 Å². The lowest BCUT2D eigenvalue weighted by Gasteiger charge is -2.44. The predicted octanol–water partition coefficient (Wildman–Crippen LogP) is 3.65. The van der Waals surface area contributed by atoms with Crippen molar-refractivity contribution in [3.05, 3.63) is 74.3 Å².